The third-order valence-corrected chi connectivity index (χ3v) is 4.25. The van der Waals surface area contributed by atoms with Crippen molar-refractivity contribution in [2.45, 2.75) is 57.7 Å². The standard InChI is InChI=1S/C16H25FN2/c1-12-6-5-9-19(12)13(2)10-15(18)11-14-7-3-4-8-16(14)17/h3-4,7-8,12-13,15H,5-6,9-11,18H2,1-2H3/t12?,13?,15-/m0/s1. The number of hydrogen-bond donors (Lipinski definition) is 1. The molecule has 3 atom stereocenters. The summed E-state index contributed by atoms with van der Waals surface area (Å²) < 4.78 is 13.6. The molecule has 0 spiro atoms. The van der Waals surface area contributed by atoms with E-state index in [0.29, 0.717) is 18.5 Å². The molecule has 1 aliphatic rings. The molecule has 1 aromatic carbocycles. The molecule has 2 rings (SSSR count). The lowest BCUT2D eigenvalue weighted by Gasteiger charge is -2.30. The Hall–Kier alpha value is -0.930. The maximum atomic E-state index is 13.6. The fourth-order valence-electron chi connectivity index (χ4n) is 3.21. The minimum Gasteiger partial charge on any atom is -0.327 e. The van der Waals surface area contributed by atoms with E-state index in [1.165, 1.54) is 25.5 Å². The van der Waals surface area contributed by atoms with Crippen LogP contribution >= 0.6 is 0 Å². The Kier molecular flexibility index (Phi) is 4.94. The van der Waals surface area contributed by atoms with Gasteiger partial charge in [-0.25, -0.2) is 4.39 Å². The van der Waals surface area contributed by atoms with Crippen molar-refractivity contribution in [1.82, 2.24) is 4.90 Å². The summed E-state index contributed by atoms with van der Waals surface area (Å²) in [6.45, 7) is 5.70. The summed E-state index contributed by atoms with van der Waals surface area (Å²) in [5.74, 6) is -0.139. The highest BCUT2D eigenvalue weighted by atomic mass is 19.1. The maximum absolute atomic E-state index is 13.6. The van der Waals surface area contributed by atoms with Crippen LogP contribution in [0.25, 0.3) is 0 Å². The molecule has 106 valence electrons. The van der Waals surface area contributed by atoms with Gasteiger partial charge in [0.1, 0.15) is 5.82 Å². The molecule has 1 saturated heterocycles. The van der Waals surface area contributed by atoms with Crippen molar-refractivity contribution in [3.63, 3.8) is 0 Å². The topological polar surface area (TPSA) is 29.3 Å². The number of rotatable bonds is 5. The van der Waals surface area contributed by atoms with Crippen molar-refractivity contribution in [1.29, 1.82) is 0 Å². The number of halogens is 1. The summed E-state index contributed by atoms with van der Waals surface area (Å²) in [6, 6.07) is 8.11. The number of benzene rings is 1. The van der Waals surface area contributed by atoms with Crippen LogP contribution in [-0.4, -0.2) is 29.6 Å². The van der Waals surface area contributed by atoms with E-state index in [1.807, 2.05) is 12.1 Å². The van der Waals surface area contributed by atoms with Gasteiger partial charge in [0.05, 0.1) is 0 Å². The second-order valence-electron chi connectivity index (χ2n) is 5.87. The van der Waals surface area contributed by atoms with Gasteiger partial charge < -0.3 is 5.73 Å². The van der Waals surface area contributed by atoms with Gasteiger partial charge in [0.15, 0.2) is 0 Å². The van der Waals surface area contributed by atoms with Crippen LogP contribution in [-0.2, 0) is 6.42 Å². The van der Waals surface area contributed by atoms with Crippen LogP contribution in [0.15, 0.2) is 24.3 Å². The first kappa shape index (κ1) is 14.5. The molecular formula is C16H25FN2. The summed E-state index contributed by atoms with van der Waals surface area (Å²) in [4.78, 5) is 2.53. The molecule has 1 fully saturated rings. The van der Waals surface area contributed by atoms with Crippen LogP contribution in [0.5, 0.6) is 0 Å². The van der Waals surface area contributed by atoms with Crippen LogP contribution in [0, 0.1) is 5.82 Å². The van der Waals surface area contributed by atoms with E-state index in [9.17, 15) is 4.39 Å². The third-order valence-electron chi connectivity index (χ3n) is 4.25. The highest BCUT2D eigenvalue weighted by molar-refractivity contribution is 5.18. The highest BCUT2D eigenvalue weighted by Gasteiger charge is 2.26. The SMILES string of the molecule is CC1CCCN1C(C)C[C@H](N)Cc1ccccc1F. The van der Waals surface area contributed by atoms with E-state index in [0.717, 1.165) is 12.0 Å². The maximum Gasteiger partial charge on any atom is 0.126 e. The second-order valence-corrected chi connectivity index (χ2v) is 5.87. The zero-order valence-electron chi connectivity index (χ0n) is 12.0. The Balaban J connectivity index is 1.87. The molecule has 2 unspecified atom stereocenters. The molecule has 0 aromatic heterocycles. The fraction of sp³-hybridized carbons (Fsp3) is 0.625. The largest absolute Gasteiger partial charge is 0.327 e. The smallest absolute Gasteiger partial charge is 0.126 e. The molecule has 0 radical (unpaired) electrons. The van der Waals surface area contributed by atoms with Gasteiger partial charge in [-0.2, -0.15) is 0 Å². The minimum absolute atomic E-state index is 0.0275. The Morgan fingerprint density at radius 3 is 2.79 bits per heavy atom. The minimum atomic E-state index is -0.139. The summed E-state index contributed by atoms with van der Waals surface area (Å²) in [7, 11) is 0. The van der Waals surface area contributed by atoms with Crippen LogP contribution < -0.4 is 5.73 Å². The molecule has 19 heavy (non-hydrogen) atoms. The predicted molar refractivity (Wildman–Crippen MR) is 77.6 cm³/mol. The summed E-state index contributed by atoms with van der Waals surface area (Å²) in [5.41, 5.74) is 6.93. The molecule has 0 aliphatic carbocycles. The lowest BCUT2D eigenvalue weighted by molar-refractivity contribution is 0.186. The van der Waals surface area contributed by atoms with E-state index >= 15 is 0 Å². The number of likely N-dealkylation sites (tertiary alicyclic amines) is 1. The van der Waals surface area contributed by atoms with Crippen molar-refractivity contribution < 1.29 is 4.39 Å². The Morgan fingerprint density at radius 1 is 1.42 bits per heavy atom. The Morgan fingerprint density at radius 2 is 2.16 bits per heavy atom. The zero-order chi connectivity index (χ0) is 13.8. The van der Waals surface area contributed by atoms with Crippen LogP contribution in [0.2, 0.25) is 0 Å². The van der Waals surface area contributed by atoms with Crippen LogP contribution in [0.4, 0.5) is 4.39 Å². The van der Waals surface area contributed by atoms with Crippen molar-refractivity contribution in [2.24, 2.45) is 5.73 Å². The normalized spacial score (nSPS) is 23.5. The van der Waals surface area contributed by atoms with Gasteiger partial charge in [-0.05, 0) is 57.7 Å². The number of nitrogens with zero attached hydrogens (tertiary/aromatic N) is 1. The van der Waals surface area contributed by atoms with Gasteiger partial charge in [-0.1, -0.05) is 18.2 Å². The van der Waals surface area contributed by atoms with Crippen molar-refractivity contribution >= 4 is 0 Å². The lowest BCUT2D eigenvalue weighted by Crippen LogP contribution is -2.40. The predicted octanol–water partition coefficient (Wildman–Crippen LogP) is 2.96. The molecule has 0 amide bonds. The molecule has 0 bridgehead atoms. The molecule has 2 nitrogen and oxygen atoms in total. The van der Waals surface area contributed by atoms with E-state index < -0.39 is 0 Å². The van der Waals surface area contributed by atoms with E-state index in [1.54, 1.807) is 6.07 Å². The highest BCUT2D eigenvalue weighted by Crippen LogP contribution is 2.22. The summed E-state index contributed by atoms with van der Waals surface area (Å²) in [6.07, 6.45) is 4.12. The van der Waals surface area contributed by atoms with Gasteiger partial charge in [0.25, 0.3) is 0 Å². The first-order chi connectivity index (χ1) is 9.08. The molecule has 1 heterocycles. The van der Waals surface area contributed by atoms with E-state index in [2.05, 4.69) is 18.7 Å². The van der Waals surface area contributed by atoms with Crippen molar-refractivity contribution in [3.05, 3.63) is 35.6 Å². The molecule has 3 heteroatoms. The van der Waals surface area contributed by atoms with Gasteiger partial charge in [-0.3, -0.25) is 4.90 Å². The van der Waals surface area contributed by atoms with Crippen molar-refractivity contribution in [3.8, 4) is 0 Å². The lowest BCUT2D eigenvalue weighted by atomic mass is 9.99. The first-order valence-corrected chi connectivity index (χ1v) is 7.32. The summed E-state index contributed by atoms with van der Waals surface area (Å²) in [5, 5.41) is 0. The molecule has 0 saturated carbocycles. The van der Waals surface area contributed by atoms with Gasteiger partial charge in [-0.15, -0.1) is 0 Å². The Bertz CT molecular complexity index is 407. The number of nitrogens with two attached hydrogens (primary N) is 1. The zero-order valence-corrected chi connectivity index (χ0v) is 12.0. The monoisotopic (exact) mass is 264 g/mol. The van der Waals surface area contributed by atoms with Crippen LogP contribution in [0.3, 0.4) is 0 Å². The molecule has 2 N–H and O–H groups in total. The van der Waals surface area contributed by atoms with E-state index in [4.69, 9.17) is 5.73 Å². The molecule has 1 aromatic rings. The average molecular weight is 264 g/mol. The van der Waals surface area contributed by atoms with E-state index in [-0.39, 0.29) is 11.9 Å². The second kappa shape index (κ2) is 6.49. The van der Waals surface area contributed by atoms with Crippen molar-refractivity contribution in [2.75, 3.05) is 6.54 Å². The van der Waals surface area contributed by atoms with Gasteiger partial charge >= 0.3 is 0 Å². The van der Waals surface area contributed by atoms with Crippen LogP contribution in [0.1, 0.15) is 38.7 Å². The molecule has 1 aliphatic heterocycles. The van der Waals surface area contributed by atoms with Gasteiger partial charge in [0.2, 0.25) is 0 Å². The first-order valence-electron chi connectivity index (χ1n) is 7.32. The van der Waals surface area contributed by atoms with Gasteiger partial charge in [0, 0.05) is 18.1 Å². The average Bonchev–Trinajstić information content (AvgIpc) is 2.78. The summed E-state index contributed by atoms with van der Waals surface area (Å²) >= 11 is 0. The molecular weight excluding hydrogens is 239 g/mol. The Labute approximate surface area is 115 Å². The fourth-order valence-corrected chi connectivity index (χ4v) is 3.21. The number of hydrogen-bond acceptors (Lipinski definition) is 2. The third kappa shape index (κ3) is 3.77. The quantitative estimate of drug-likeness (QED) is 0.886.